The number of carbonyl (C=O) groups is 1. The number of carbonyl (C=O) groups excluding carboxylic acids is 1. The zero-order valence-electron chi connectivity index (χ0n) is 9.97. The monoisotopic (exact) mass is 291 g/mol. The van der Waals surface area contributed by atoms with Gasteiger partial charge in [-0.25, -0.2) is 8.42 Å². The van der Waals surface area contributed by atoms with Gasteiger partial charge in [0.1, 0.15) is 4.90 Å². The number of nitrogens with one attached hydrogen (secondary N) is 1. The molecule has 0 aliphatic rings. The Hall–Kier alpha value is -1.31. The molecule has 0 saturated heterocycles. The number of amides is 1. The van der Waals surface area contributed by atoms with Gasteiger partial charge in [0.15, 0.2) is 0 Å². The topological polar surface area (TPSA) is 92.5 Å². The second-order valence-corrected chi connectivity index (χ2v) is 6.04. The molecule has 3 N–H and O–H groups in total. The standard InChI is InChI=1S/C10H14ClN3O3S/c1-13-10(15)6-14(2)18(16,17)9-5-7(12)3-4-8(9)11/h3-5H,6,12H2,1-2H3,(H,13,15). The Kier molecular flexibility index (Phi) is 4.55. The van der Waals surface area contributed by atoms with Crippen molar-refractivity contribution in [1.29, 1.82) is 0 Å². The van der Waals surface area contributed by atoms with Crippen LogP contribution in [0.1, 0.15) is 0 Å². The highest BCUT2D eigenvalue weighted by atomic mass is 35.5. The molecule has 18 heavy (non-hydrogen) atoms. The summed E-state index contributed by atoms with van der Waals surface area (Å²) in [4.78, 5) is 11.1. The number of hydrogen-bond acceptors (Lipinski definition) is 4. The summed E-state index contributed by atoms with van der Waals surface area (Å²) in [6.07, 6.45) is 0. The van der Waals surface area contributed by atoms with Crippen molar-refractivity contribution in [3.63, 3.8) is 0 Å². The highest BCUT2D eigenvalue weighted by molar-refractivity contribution is 7.89. The average Bonchev–Trinajstić information content (AvgIpc) is 2.31. The van der Waals surface area contributed by atoms with Crippen LogP contribution >= 0.6 is 11.6 Å². The fourth-order valence-corrected chi connectivity index (χ4v) is 2.88. The summed E-state index contributed by atoms with van der Waals surface area (Å²) in [7, 11) is -1.11. The molecule has 1 aromatic carbocycles. The molecule has 100 valence electrons. The van der Waals surface area contributed by atoms with Gasteiger partial charge in [0.05, 0.1) is 11.6 Å². The summed E-state index contributed by atoms with van der Waals surface area (Å²) >= 11 is 5.83. The first-order valence-electron chi connectivity index (χ1n) is 5.01. The third-order valence-corrected chi connectivity index (χ3v) is 4.57. The Balaban J connectivity index is 3.13. The fraction of sp³-hybridized carbons (Fsp3) is 0.300. The molecule has 1 aromatic rings. The maximum atomic E-state index is 12.2. The zero-order valence-corrected chi connectivity index (χ0v) is 11.5. The van der Waals surface area contributed by atoms with Gasteiger partial charge in [-0.05, 0) is 18.2 Å². The van der Waals surface area contributed by atoms with Crippen LogP contribution < -0.4 is 11.1 Å². The van der Waals surface area contributed by atoms with Gasteiger partial charge in [0.25, 0.3) is 0 Å². The molecule has 0 aliphatic heterocycles. The van der Waals surface area contributed by atoms with Crippen molar-refractivity contribution in [2.75, 3.05) is 26.4 Å². The lowest BCUT2D eigenvalue weighted by Gasteiger charge is -2.17. The Morgan fingerprint density at radius 3 is 2.67 bits per heavy atom. The molecular weight excluding hydrogens is 278 g/mol. The minimum atomic E-state index is -3.84. The predicted octanol–water partition coefficient (Wildman–Crippen LogP) is 0.289. The van der Waals surface area contributed by atoms with Gasteiger partial charge in [0, 0.05) is 19.8 Å². The van der Waals surface area contributed by atoms with Crippen molar-refractivity contribution in [1.82, 2.24) is 9.62 Å². The van der Waals surface area contributed by atoms with Gasteiger partial charge < -0.3 is 11.1 Å². The van der Waals surface area contributed by atoms with Crippen molar-refractivity contribution in [2.24, 2.45) is 0 Å². The Morgan fingerprint density at radius 1 is 1.50 bits per heavy atom. The Bertz CT molecular complexity index is 559. The van der Waals surface area contributed by atoms with Gasteiger partial charge in [-0.3, -0.25) is 4.79 Å². The lowest BCUT2D eigenvalue weighted by atomic mass is 10.3. The van der Waals surface area contributed by atoms with Gasteiger partial charge in [-0.15, -0.1) is 0 Å². The Labute approximate surface area is 111 Å². The van der Waals surface area contributed by atoms with E-state index in [0.717, 1.165) is 4.31 Å². The van der Waals surface area contributed by atoms with E-state index in [1.54, 1.807) is 0 Å². The first kappa shape index (κ1) is 14.7. The van der Waals surface area contributed by atoms with E-state index in [1.165, 1.54) is 32.3 Å². The molecule has 1 rings (SSSR count). The molecule has 6 nitrogen and oxygen atoms in total. The maximum Gasteiger partial charge on any atom is 0.244 e. The molecule has 0 fully saturated rings. The van der Waals surface area contributed by atoms with Crippen LogP contribution in [0.15, 0.2) is 23.1 Å². The number of benzene rings is 1. The van der Waals surface area contributed by atoms with E-state index in [4.69, 9.17) is 17.3 Å². The summed E-state index contributed by atoms with van der Waals surface area (Å²) in [5.41, 5.74) is 5.81. The number of nitrogen functional groups attached to an aromatic ring is 1. The first-order chi connectivity index (χ1) is 8.28. The second kappa shape index (κ2) is 5.55. The number of sulfonamides is 1. The molecule has 0 radical (unpaired) electrons. The highest BCUT2D eigenvalue weighted by Crippen LogP contribution is 2.25. The number of halogens is 1. The second-order valence-electron chi connectivity index (χ2n) is 3.62. The number of nitrogens with two attached hydrogens (primary N) is 1. The molecule has 0 aliphatic carbocycles. The lowest BCUT2D eigenvalue weighted by Crippen LogP contribution is -2.37. The van der Waals surface area contributed by atoms with E-state index in [-0.39, 0.29) is 22.2 Å². The first-order valence-corrected chi connectivity index (χ1v) is 6.82. The molecule has 0 spiro atoms. The van der Waals surface area contributed by atoms with E-state index in [1.807, 2.05) is 0 Å². The molecule has 8 heteroatoms. The minimum Gasteiger partial charge on any atom is -0.399 e. The van der Waals surface area contributed by atoms with Crippen LogP contribution in [0.4, 0.5) is 5.69 Å². The van der Waals surface area contributed by atoms with Gasteiger partial charge in [-0.1, -0.05) is 11.6 Å². The lowest BCUT2D eigenvalue weighted by molar-refractivity contribution is -0.120. The number of likely N-dealkylation sites (N-methyl/N-ethyl adjacent to an activating group) is 2. The van der Waals surface area contributed by atoms with Gasteiger partial charge in [-0.2, -0.15) is 4.31 Å². The average molecular weight is 292 g/mol. The minimum absolute atomic E-state index is 0.0629. The van der Waals surface area contributed by atoms with Crippen molar-refractivity contribution >= 4 is 33.2 Å². The summed E-state index contributed by atoms with van der Waals surface area (Å²) in [5, 5.41) is 2.41. The van der Waals surface area contributed by atoms with Crippen LogP contribution in [0.3, 0.4) is 0 Å². The summed E-state index contributed by atoms with van der Waals surface area (Å²) < 4.78 is 25.2. The fourth-order valence-electron chi connectivity index (χ4n) is 1.25. The van der Waals surface area contributed by atoms with E-state index in [9.17, 15) is 13.2 Å². The van der Waals surface area contributed by atoms with Gasteiger partial charge >= 0.3 is 0 Å². The van der Waals surface area contributed by atoms with Crippen LogP contribution in [-0.2, 0) is 14.8 Å². The molecule has 0 bridgehead atoms. The van der Waals surface area contributed by atoms with E-state index in [2.05, 4.69) is 5.32 Å². The molecule has 0 saturated carbocycles. The van der Waals surface area contributed by atoms with Crippen LogP contribution in [0.25, 0.3) is 0 Å². The highest BCUT2D eigenvalue weighted by Gasteiger charge is 2.25. The number of hydrogen-bond donors (Lipinski definition) is 2. The maximum absolute atomic E-state index is 12.2. The zero-order chi connectivity index (χ0) is 13.9. The molecule has 0 atom stereocenters. The van der Waals surface area contributed by atoms with Gasteiger partial charge in [0.2, 0.25) is 15.9 Å². The molecule has 0 aromatic heterocycles. The number of anilines is 1. The third kappa shape index (κ3) is 3.12. The quantitative estimate of drug-likeness (QED) is 0.780. The Morgan fingerprint density at radius 2 is 2.11 bits per heavy atom. The summed E-state index contributed by atoms with van der Waals surface area (Å²) in [5.74, 6) is -0.416. The van der Waals surface area contributed by atoms with Crippen molar-refractivity contribution in [2.45, 2.75) is 4.90 Å². The van der Waals surface area contributed by atoms with Crippen LogP contribution in [0.5, 0.6) is 0 Å². The van der Waals surface area contributed by atoms with E-state index in [0.29, 0.717) is 0 Å². The van der Waals surface area contributed by atoms with Crippen LogP contribution in [-0.4, -0.2) is 39.3 Å². The predicted molar refractivity (Wildman–Crippen MR) is 69.7 cm³/mol. The molecule has 1 amide bonds. The smallest absolute Gasteiger partial charge is 0.244 e. The molecule has 0 unspecified atom stereocenters. The normalized spacial score (nSPS) is 11.6. The SMILES string of the molecule is CNC(=O)CN(C)S(=O)(=O)c1cc(N)ccc1Cl. The van der Waals surface area contributed by atoms with E-state index >= 15 is 0 Å². The van der Waals surface area contributed by atoms with E-state index < -0.39 is 15.9 Å². The summed E-state index contributed by atoms with van der Waals surface area (Å²) in [6, 6.07) is 4.16. The largest absolute Gasteiger partial charge is 0.399 e. The van der Waals surface area contributed by atoms with Crippen molar-refractivity contribution in [3.05, 3.63) is 23.2 Å². The van der Waals surface area contributed by atoms with Crippen LogP contribution in [0, 0.1) is 0 Å². The summed E-state index contributed by atoms with van der Waals surface area (Å²) in [6.45, 7) is -0.288. The van der Waals surface area contributed by atoms with Crippen molar-refractivity contribution in [3.8, 4) is 0 Å². The number of rotatable bonds is 4. The number of nitrogens with zero attached hydrogens (tertiary/aromatic N) is 1. The molecular formula is C10H14ClN3O3S. The van der Waals surface area contributed by atoms with Crippen LogP contribution in [0.2, 0.25) is 5.02 Å². The third-order valence-electron chi connectivity index (χ3n) is 2.29. The molecule has 0 heterocycles. The van der Waals surface area contributed by atoms with Crippen molar-refractivity contribution < 1.29 is 13.2 Å².